The zero-order chi connectivity index (χ0) is 19.1. The first-order valence-electron chi connectivity index (χ1n) is 8.01. The van der Waals surface area contributed by atoms with Crippen molar-refractivity contribution in [3.63, 3.8) is 0 Å². The number of phenols is 1. The molecule has 3 aromatic carbocycles. The van der Waals surface area contributed by atoms with Gasteiger partial charge in [-0.05, 0) is 24.3 Å². The second-order valence-corrected chi connectivity index (χ2v) is 6.91. The van der Waals surface area contributed by atoms with Crippen LogP contribution in [0.25, 0.3) is 21.8 Å². The van der Waals surface area contributed by atoms with Gasteiger partial charge in [0.1, 0.15) is 5.75 Å². The summed E-state index contributed by atoms with van der Waals surface area (Å²) >= 11 is 3.43. The summed E-state index contributed by atoms with van der Waals surface area (Å²) in [5.41, 5.74) is 1.85. The van der Waals surface area contributed by atoms with E-state index in [9.17, 15) is 15.2 Å². The number of non-ortho nitro benzene ring substituents is 1. The molecule has 0 aliphatic heterocycles. The number of phenolic OH excluding ortho intramolecular Hbond substituents is 1. The van der Waals surface area contributed by atoms with Gasteiger partial charge >= 0.3 is 0 Å². The van der Waals surface area contributed by atoms with Crippen LogP contribution in [0.15, 0.2) is 58.0 Å². The Kier molecular flexibility index (Phi) is 4.12. The molecule has 0 spiro atoms. The number of aromatic nitrogens is 2. The van der Waals surface area contributed by atoms with Crippen LogP contribution in [0, 0.1) is 10.1 Å². The molecule has 8 heteroatoms. The van der Waals surface area contributed by atoms with Gasteiger partial charge in [-0.1, -0.05) is 34.1 Å². The standard InChI is InChI=1S/C19H13BrN4O3/c1-23-17-9-12(20)6-7-15(17)22-19(23)21-10-11-8-16(24(26)27)13-4-2-3-5-14(13)18(11)25/h2-10,25H,1H3/b21-10+. The second kappa shape index (κ2) is 6.48. The third-order valence-corrected chi connectivity index (χ3v) is 4.85. The maximum absolute atomic E-state index is 11.4. The normalized spacial score (nSPS) is 11.6. The van der Waals surface area contributed by atoms with Crippen LogP contribution in [0.4, 0.5) is 11.6 Å². The molecule has 0 bridgehead atoms. The van der Waals surface area contributed by atoms with Gasteiger partial charge in [0, 0.05) is 34.8 Å². The molecule has 7 nitrogen and oxygen atoms in total. The van der Waals surface area contributed by atoms with E-state index < -0.39 is 4.92 Å². The zero-order valence-electron chi connectivity index (χ0n) is 14.1. The lowest BCUT2D eigenvalue weighted by Crippen LogP contribution is -1.94. The summed E-state index contributed by atoms with van der Waals surface area (Å²) in [6, 6.07) is 13.7. The summed E-state index contributed by atoms with van der Waals surface area (Å²) in [5.74, 6) is 0.375. The van der Waals surface area contributed by atoms with E-state index in [1.807, 2.05) is 29.8 Å². The molecule has 4 aromatic rings. The Morgan fingerprint density at radius 1 is 1.22 bits per heavy atom. The number of nitro groups is 1. The molecule has 4 rings (SSSR count). The molecule has 0 atom stereocenters. The molecule has 0 aliphatic carbocycles. The minimum absolute atomic E-state index is 0.0542. The van der Waals surface area contributed by atoms with Crippen LogP contribution in [0.1, 0.15) is 5.56 Å². The number of benzene rings is 3. The number of rotatable bonds is 3. The van der Waals surface area contributed by atoms with E-state index in [-0.39, 0.29) is 17.0 Å². The largest absolute Gasteiger partial charge is 0.507 e. The highest BCUT2D eigenvalue weighted by Gasteiger charge is 2.17. The number of aliphatic imine (C=N–C) groups is 1. The van der Waals surface area contributed by atoms with Crippen molar-refractivity contribution in [2.45, 2.75) is 0 Å². The van der Waals surface area contributed by atoms with Crippen molar-refractivity contribution >= 4 is 55.6 Å². The lowest BCUT2D eigenvalue weighted by Gasteiger charge is -2.05. The SMILES string of the molecule is Cn1c(/N=C/c2cc([N+](=O)[O-])c3ccccc3c2O)nc2ccc(Br)cc21. The van der Waals surface area contributed by atoms with Gasteiger partial charge in [0.25, 0.3) is 5.69 Å². The molecule has 0 unspecified atom stereocenters. The summed E-state index contributed by atoms with van der Waals surface area (Å²) in [7, 11) is 1.83. The molecule has 0 amide bonds. The molecule has 0 fully saturated rings. The van der Waals surface area contributed by atoms with Gasteiger partial charge < -0.3 is 9.67 Å². The number of imidazole rings is 1. The van der Waals surface area contributed by atoms with Crippen molar-refractivity contribution in [3.05, 3.63) is 68.7 Å². The van der Waals surface area contributed by atoms with Crippen LogP contribution >= 0.6 is 15.9 Å². The van der Waals surface area contributed by atoms with E-state index in [1.165, 1.54) is 12.3 Å². The predicted octanol–water partition coefficient (Wildman–Crippen LogP) is 4.85. The summed E-state index contributed by atoms with van der Waals surface area (Å²) in [6.07, 6.45) is 1.39. The Balaban J connectivity index is 1.85. The maximum Gasteiger partial charge on any atom is 0.278 e. The van der Waals surface area contributed by atoms with Crippen molar-refractivity contribution in [2.24, 2.45) is 12.0 Å². The quantitative estimate of drug-likeness (QED) is 0.288. The van der Waals surface area contributed by atoms with E-state index in [0.29, 0.717) is 16.7 Å². The highest BCUT2D eigenvalue weighted by Crippen LogP contribution is 2.35. The topological polar surface area (TPSA) is 93.5 Å². The molecule has 1 N–H and O–H groups in total. The van der Waals surface area contributed by atoms with Crippen LogP contribution in [-0.4, -0.2) is 25.8 Å². The second-order valence-electron chi connectivity index (χ2n) is 6.00. The van der Waals surface area contributed by atoms with Crippen LogP contribution in [0.2, 0.25) is 0 Å². The molecule has 0 aliphatic rings. The number of hydrogen-bond acceptors (Lipinski definition) is 5. The van der Waals surface area contributed by atoms with Gasteiger partial charge in [-0.2, -0.15) is 0 Å². The summed E-state index contributed by atoms with van der Waals surface area (Å²) in [5, 5.41) is 22.7. The molecule has 27 heavy (non-hydrogen) atoms. The smallest absolute Gasteiger partial charge is 0.278 e. The van der Waals surface area contributed by atoms with Crippen molar-refractivity contribution in [3.8, 4) is 5.75 Å². The van der Waals surface area contributed by atoms with Crippen LogP contribution in [-0.2, 0) is 7.05 Å². The number of nitro benzene ring substituents is 1. The Hall–Kier alpha value is -3.26. The number of aromatic hydroxyl groups is 1. The summed E-state index contributed by atoms with van der Waals surface area (Å²) < 4.78 is 2.74. The van der Waals surface area contributed by atoms with Gasteiger partial charge in [-0.25, -0.2) is 9.98 Å². The first-order valence-corrected chi connectivity index (χ1v) is 8.80. The van der Waals surface area contributed by atoms with E-state index in [4.69, 9.17) is 0 Å². The van der Waals surface area contributed by atoms with Gasteiger partial charge in [0.15, 0.2) is 0 Å². The van der Waals surface area contributed by atoms with Crippen molar-refractivity contribution in [1.82, 2.24) is 9.55 Å². The highest BCUT2D eigenvalue weighted by molar-refractivity contribution is 9.10. The maximum atomic E-state index is 11.4. The van der Waals surface area contributed by atoms with Crippen LogP contribution < -0.4 is 0 Å². The van der Waals surface area contributed by atoms with Gasteiger partial charge in [-0.3, -0.25) is 10.1 Å². The van der Waals surface area contributed by atoms with E-state index in [1.54, 1.807) is 24.3 Å². The van der Waals surface area contributed by atoms with Crippen molar-refractivity contribution in [2.75, 3.05) is 0 Å². The minimum Gasteiger partial charge on any atom is -0.507 e. The fraction of sp³-hybridized carbons (Fsp3) is 0.0526. The molecule has 1 aromatic heterocycles. The molecular formula is C19H13BrN4O3. The lowest BCUT2D eigenvalue weighted by molar-refractivity contribution is -0.383. The summed E-state index contributed by atoms with van der Waals surface area (Å²) in [6.45, 7) is 0. The highest BCUT2D eigenvalue weighted by atomic mass is 79.9. The Labute approximate surface area is 161 Å². The fourth-order valence-corrected chi connectivity index (χ4v) is 3.35. The van der Waals surface area contributed by atoms with Crippen LogP contribution in [0.3, 0.4) is 0 Å². The lowest BCUT2D eigenvalue weighted by atomic mass is 10.0. The minimum atomic E-state index is -0.467. The molecular weight excluding hydrogens is 412 g/mol. The Morgan fingerprint density at radius 3 is 2.70 bits per heavy atom. The monoisotopic (exact) mass is 424 g/mol. The number of fused-ring (bicyclic) bond motifs is 2. The summed E-state index contributed by atoms with van der Waals surface area (Å²) in [4.78, 5) is 19.7. The van der Waals surface area contributed by atoms with Gasteiger partial charge in [0.2, 0.25) is 5.95 Å². The zero-order valence-corrected chi connectivity index (χ0v) is 15.7. The number of aryl methyl sites for hydroxylation is 1. The first kappa shape index (κ1) is 17.2. The number of nitrogens with zero attached hydrogens (tertiary/aromatic N) is 4. The van der Waals surface area contributed by atoms with Crippen molar-refractivity contribution in [1.29, 1.82) is 0 Å². The van der Waals surface area contributed by atoms with E-state index in [0.717, 1.165) is 15.5 Å². The first-order chi connectivity index (χ1) is 13.0. The Bertz CT molecular complexity index is 1250. The molecule has 0 saturated carbocycles. The molecule has 134 valence electrons. The third-order valence-electron chi connectivity index (χ3n) is 4.36. The predicted molar refractivity (Wildman–Crippen MR) is 108 cm³/mol. The van der Waals surface area contributed by atoms with Crippen molar-refractivity contribution < 1.29 is 10.0 Å². The van der Waals surface area contributed by atoms with E-state index >= 15 is 0 Å². The number of halogens is 1. The third kappa shape index (κ3) is 2.93. The molecule has 1 heterocycles. The Morgan fingerprint density at radius 2 is 1.96 bits per heavy atom. The fourth-order valence-electron chi connectivity index (χ4n) is 3.00. The average Bonchev–Trinajstić information content (AvgIpc) is 2.96. The number of hydrogen-bond donors (Lipinski definition) is 1. The van der Waals surface area contributed by atoms with Crippen LogP contribution in [0.5, 0.6) is 5.75 Å². The molecule has 0 radical (unpaired) electrons. The van der Waals surface area contributed by atoms with E-state index in [2.05, 4.69) is 25.9 Å². The average molecular weight is 425 g/mol. The molecule has 0 saturated heterocycles. The van der Waals surface area contributed by atoms with Gasteiger partial charge in [0.05, 0.1) is 21.3 Å². The van der Waals surface area contributed by atoms with Gasteiger partial charge in [-0.15, -0.1) is 0 Å².